The van der Waals surface area contributed by atoms with E-state index in [0.717, 1.165) is 11.3 Å². The fourth-order valence-electron chi connectivity index (χ4n) is 2.27. The second kappa shape index (κ2) is 4.96. The molecule has 1 amide bonds. The Morgan fingerprint density at radius 3 is 3.00 bits per heavy atom. The van der Waals surface area contributed by atoms with Crippen LogP contribution in [0.3, 0.4) is 0 Å². The van der Waals surface area contributed by atoms with Gasteiger partial charge in [-0.1, -0.05) is 18.2 Å². The molecule has 1 saturated heterocycles. The topological polar surface area (TPSA) is 69.4 Å². The summed E-state index contributed by atoms with van der Waals surface area (Å²) >= 11 is 1.40. The normalized spacial score (nSPS) is 30.6. The Balaban J connectivity index is 2.25. The lowest BCUT2D eigenvalue weighted by Gasteiger charge is -2.20. The molecule has 92 valence electrons. The van der Waals surface area contributed by atoms with Crippen LogP contribution in [0.15, 0.2) is 23.1 Å². The van der Waals surface area contributed by atoms with Gasteiger partial charge >= 0.3 is 5.97 Å². The van der Waals surface area contributed by atoms with Gasteiger partial charge in [-0.15, -0.1) is 11.8 Å². The first-order valence-electron chi connectivity index (χ1n) is 5.64. The van der Waals surface area contributed by atoms with Crippen molar-refractivity contribution in [3.63, 3.8) is 0 Å². The van der Waals surface area contributed by atoms with Crippen molar-refractivity contribution >= 4 is 23.6 Å². The van der Waals surface area contributed by atoms with E-state index in [1.54, 1.807) is 6.92 Å². The summed E-state index contributed by atoms with van der Waals surface area (Å²) in [6.45, 7) is 2.09. The van der Waals surface area contributed by atoms with Crippen molar-refractivity contribution in [1.29, 1.82) is 0 Å². The fourth-order valence-corrected chi connectivity index (χ4v) is 3.70. The summed E-state index contributed by atoms with van der Waals surface area (Å²) in [6, 6.07) is 0. The molecule has 0 radical (unpaired) electrons. The van der Waals surface area contributed by atoms with E-state index in [0.29, 0.717) is 6.61 Å². The molecule has 0 saturated carbocycles. The molecule has 4 nitrogen and oxygen atoms in total. The number of nitrogens with two attached hydrogens (primary N) is 1. The average molecular weight is 253 g/mol. The smallest absolute Gasteiger partial charge is 0.311 e. The number of hydrogen-bond acceptors (Lipinski definition) is 4. The van der Waals surface area contributed by atoms with Crippen LogP contribution < -0.4 is 5.73 Å². The molecule has 1 aliphatic heterocycles. The Morgan fingerprint density at radius 1 is 1.59 bits per heavy atom. The number of amides is 1. The van der Waals surface area contributed by atoms with E-state index in [9.17, 15) is 9.59 Å². The van der Waals surface area contributed by atoms with E-state index >= 15 is 0 Å². The number of carbonyl (C=O) groups excluding carboxylic acids is 2. The Labute approximate surface area is 104 Å². The number of thioether (sulfide) groups is 1. The highest BCUT2D eigenvalue weighted by Crippen LogP contribution is 2.49. The van der Waals surface area contributed by atoms with Crippen molar-refractivity contribution in [1.82, 2.24) is 0 Å². The van der Waals surface area contributed by atoms with E-state index < -0.39 is 17.1 Å². The Bertz CT molecular complexity index is 401. The lowest BCUT2D eigenvalue weighted by molar-refractivity contribution is -0.150. The monoisotopic (exact) mass is 253 g/mol. The lowest BCUT2D eigenvalue weighted by Crippen LogP contribution is -2.37. The van der Waals surface area contributed by atoms with Gasteiger partial charge in [0.15, 0.2) is 0 Å². The molecule has 3 atom stereocenters. The number of carbonyl (C=O) groups is 2. The van der Waals surface area contributed by atoms with Gasteiger partial charge in [-0.2, -0.15) is 0 Å². The van der Waals surface area contributed by atoms with Crippen LogP contribution in [0.2, 0.25) is 0 Å². The van der Waals surface area contributed by atoms with E-state index in [1.165, 1.54) is 11.8 Å². The van der Waals surface area contributed by atoms with Crippen LogP contribution in [0.1, 0.15) is 13.3 Å². The van der Waals surface area contributed by atoms with Gasteiger partial charge in [0, 0.05) is 5.92 Å². The van der Waals surface area contributed by atoms with Gasteiger partial charge in [0.25, 0.3) is 0 Å². The molecule has 0 spiro atoms. The fraction of sp³-hybridized carbons (Fsp3) is 0.500. The highest BCUT2D eigenvalue weighted by Gasteiger charge is 2.48. The zero-order valence-electron chi connectivity index (χ0n) is 9.59. The zero-order valence-corrected chi connectivity index (χ0v) is 10.4. The summed E-state index contributed by atoms with van der Waals surface area (Å²) < 4.78 is 5.04. The molecular formula is C12H15NO3S. The van der Waals surface area contributed by atoms with Gasteiger partial charge in [0.1, 0.15) is 5.25 Å². The molecule has 5 heteroatoms. The van der Waals surface area contributed by atoms with Gasteiger partial charge in [0.2, 0.25) is 5.91 Å². The van der Waals surface area contributed by atoms with Crippen molar-refractivity contribution in [3.05, 3.63) is 23.1 Å². The second-order valence-corrected chi connectivity index (χ2v) is 5.27. The predicted octanol–water partition coefficient (Wildman–Crippen LogP) is 1.23. The van der Waals surface area contributed by atoms with E-state index in [2.05, 4.69) is 0 Å². The van der Waals surface area contributed by atoms with Crippen LogP contribution in [-0.2, 0) is 14.3 Å². The maximum Gasteiger partial charge on any atom is 0.311 e. The first-order chi connectivity index (χ1) is 8.15. The molecule has 1 aliphatic carbocycles. The van der Waals surface area contributed by atoms with Gasteiger partial charge in [-0.05, 0) is 18.2 Å². The van der Waals surface area contributed by atoms with E-state index in [4.69, 9.17) is 10.5 Å². The van der Waals surface area contributed by atoms with Crippen molar-refractivity contribution in [2.24, 2.45) is 17.6 Å². The van der Waals surface area contributed by atoms with Crippen LogP contribution >= 0.6 is 11.8 Å². The summed E-state index contributed by atoms with van der Waals surface area (Å²) in [4.78, 5) is 24.4. The van der Waals surface area contributed by atoms with Crippen LogP contribution in [0.25, 0.3) is 0 Å². The third-order valence-corrected chi connectivity index (χ3v) is 4.50. The molecule has 3 unspecified atom stereocenters. The van der Waals surface area contributed by atoms with Gasteiger partial charge in [0.05, 0.1) is 12.5 Å². The maximum absolute atomic E-state index is 11.9. The number of ether oxygens (including phenoxy) is 1. The SMILES string of the molecule is CCOC(=O)C1C2CC=CC=C2SC1C(N)=O. The van der Waals surface area contributed by atoms with Crippen molar-refractivity contribution < 1.29 is 14.3 Å². The molecule has 0 aromatic carbocycles. The highest BCUT2D eigenvalue weighted by molar-refractivity contribution is 8.04. The Kier molecular flexibility index (Phi) is 3.57. The summed E-state index contributed by atoms with van der Waals surface area (Å²) in [6.07, 6.45) is 6.68. The lowest BCUT2D eigenvalue weighted by atomic mass is 9.84. The minimum Gasteiger partial charge on any atom is -0.466 e. The third-order valence-electron chi connectivity index (χ3n) is 3.01. The minimum atomic E-state index is -0.495. The maximum atomic E-state index is 11.9. The van der Waals surface area contributed by atoms with Crippen molar-refractivity contribution in [2.75, 3.05) is 6.61 Å². The molecule has 1 heterocycles. The zero-order chi connectivity index (χ0) is 12.4. The molecular weight excluding hydrogens is 238 g/mol. The van der Waals surface area contributed by atoms with Crippen molar-refractivity contribution in [2.45, 2.75) is 18.6 Å². The molecule has 0 aromatic rings. The van der Waals surface area contributed by atoms with Crippen LogP contribution in [0.5, 0.6) is 0 Å². The number of hydrogen-bond donors (Lipinski definition) is 1. The summed E-state index contributed by atoms with van der Waals surface area (Å²) in [5.41, 5.74) is 5.36. The number of fused-ring (bicyclic) bond motifs is 1. The minimum absolute atomic E-state index is 0.0570. The standard InChI is InChI=1S/C12H15NO3S/c1-2-16-12(15)9-7-5-3-4-6-8(7)17-10(9)11(13)14/h3-4,6-7,9-10H,2,5H2,1H3,(H2,13,14). The molecule has 0 aromatic heterocycles. The molecule has 1 fully saturated rings. The van der Waals surface area contributed by atoms with Gasteiger partial charge in [-0.25, -0.2) is 0 Å². The average Bonchev–Trinajstić information content (AvgIpc) is 2.68. The highest BCUT2D eigenvalue weighted by atomic mass is 32.2. The largest absolute Gasteiger partial charge is 0.466 e. The molecule has 2 N–H and O–H groups in total. The first kappa shape index (κ1) is 12.2. The third kappa shape index (κ3) is 2.24. The summed E-state index contributed by atoms with van der Waals surface area (Å²) in [7, 11) is 0. The number of rotatable bonds is 3. The first-order valence-corrected chi connectivity index (χ1v) is 6.52. The molecule has 2 aliphatic rings. The number of esters is 1. The van der Waals surface area contributed by atoms with Gasteiger partial charge in [-0.3, -0.25) is 9.59 Å². The summed E-state index contributed by atoms with van der Waals surface area (Å²) in [5.74, 6) is -1.13. The number of allylic oxidation sites excluding steroid dienone is 4. The number of primary amides is 1. The van der Waals surface area contributed by atoms with Gasteiger partial charge < -0.3 is 10.5 Å². The van der Waals surface area contributed by atoms with Crippen molar-refractivity contribution in [3.8, 4) is 0 Å². The second-order valence-electron chi connectivity index (χ2n) is 4.06. The van der Waals surface area contributed by atoms with E-state index in [1.807, 2.05) is 18.2 Å². The Morgan fingerprint density at radius 2 is 2.35 bits per heavy atom. The predicted molar refractivity (Wildman–Crippen MR) is 66.0 cm³/mol. The molecule has 0 bridgehead atoms. The summed E-state index contributed by atoms with van der Waals surface area (Å²) in [5, 5.41) is -0.495. The van der Waals surface area contributed by atoms with Crippen LogP contribution in [-0.4, -0.2) is 23.7 Å². The van der Waals surface area contributed by atoms with E-state index in [-0.39, 0.29) is 11.9 Å². The van der Waals surface area contributed by atoms with Crippen LogP contribution in [0.4, 0.5) is 0 Å². The molecule has 2 rings (SSSR count). The molecule has 17 heavy (non-hydrogen) atoms. The van der Waals surface area contributed by atoms with Crippen LogP contribution in [0, 0.1) is 11.8 Å². The quantitative estimate of drug-likeness (QED) is 0.768. The Hall–Kier alpha value is -1.23.